The third-order valence-electron chi connectivity index (χ3n) is 10.1. The Morgan fingerprint density at radius 2 is 1.93 bits per heavy atom. The first-order chi connectivity index (χ1) is 22.0. The van der Waals surface area contributed by atoms with Gasteiger partial charge in [-0.25, -0.2) is 9.18 Å². The van der Waals surface area contributed by atoms with Crippen molar-refractivity contribution in [3.8, 4) is 0 Å². The maximum Gasteiger partial charge on any atom is 0.338 e. The molecule has 1 aliphatic carbocycles. The molecule has 1 N–H and O–H groups in total. The Morgan fingerprint density at radius 1 is 1.17 bits per heavy atom. The summed E-state index contributed by atoms with van der Waals surface area (Å²) in [5.74, 6) is -3.95. The number of hydrogen-bond donors (Lipinski definition) is 1. The van der Waals surface area contributed by atoms with Crippen LogP contribution >= 0.6 is 23.2 Å². The minimum Gasteiger partial charge on any atom is -0.465 e. The van der Waals surface area contributed by atoms with E-state index in [1.165, 1.54) is 37.1 Å². The topological polar surface area (TPSA) is 122 Å². The number of nitro groups is 1. The number of nitro benzene ring substituents is 1. The molecule has 3 aromatic carbocycles. The van der Waals surface area contributed by atoms with E-state index in [1.807, 2.05) is 11.0 Å². The number of hydrogen-bond acceptors (Lipinski definition) is 7. The number of nitrogens with one attached hydrogen (secondary N) is 1. The summed E-state index contributed by atoms with van der Waals surface area (Å²) in [5, 5.41) is 15.7. The maximum absolute atomic E-state index is 16.1. The fourth-order valence-corrected chi connectivity index (χ4v) is 8.19. The Bertz CT molecular complexity index is 1850. The van der Waals surface area contributed by atoms with Crippen LogP contribution in [-0.2, 0) is 20.7 Å². The standard InChI is InChI=1S/C33H29Cl2FN4O6/c1-16-20(31(42)46-2)10-11-24(29(16)40(44)45)38-15-25-26(30(38)41)27(21-4-3-5-22(35)28(21)36)33(39(25)14-17-6-7-17)13-18-8-9-19(34)12-23(18)37-32(33)43/h3-5,8-12,17,25-27H,6-7,13-15H2,1-2H3,(H,37,43)/t25-,26+,27-,33+/m0/s1. The average Bonchev–Trinajstić information content (AvgIpc) is 3.73. The highest BCUT2D eigenvalue weighted by Gasteiger charge is 2.69. The van der Waals surface area contributed by atoms with Crippen molar-refractivity contribution < 1.29 is 28.4 Å². The van der Waals surface area contributed by atoms with Gasteiger partial charge in [0.1, 0.15) is 17.0 Å². The molecule has 0 aromatic heterocycles. The lowest BCUT2D eigenvalue weighted by molar-refractivity contribution is -0.384. The molecule has 4 atom stereocenters. The van der Waals surface area contributed by atoms with Crippen molar-refractivity contribution in [2.75, 3.05) is 30.4 Å². The Kier molecular flexibility index (Phi) is 7.34. The molecule has 10 nitrogen and oxygen atoms in total. The number of carbonyl (C=O) groups excluding carboxylic acids is 3. The van der Waals surface area contributed by atoms with Gasteiger partial charge in [-0.3, -0.25) is 24.6 Å². The molecule has 4 aliphatic rings. The second-order valence-corrected chi connectivity index (χ2v) is 13.3. The van der Waals surface area contributed by atoms with Gasteiger partial charge in [0, 0.05) is 47.7 Å². The molecular formula is C33H29Cl2FN4O6. The number of nitrogens with zero attached hydrogens (tertiary/aromatic N) is 3. The van der Waals surface area contributed by atoms with Crippen LogP contribution in [0.3, 0.4) is 0 Å². The van der Waals surface area contributed by atoms with E-state index in [9.17, 15) is 24.5 Å². The van der Waals surface area contributed by atoms with Gasteiger partial charge in [-0.2, -0.15) is 0 Å². The Morgan fingerprint density at radius 3 is 2.63 bits per heavy atom. The van der Waals surface area contributed by atoms with Crippen molar-refractivity contribution in [2.45, 2.75) is 43.7 Å². The smallest absolute Gasteiger partial charge is 0.338 e. The lowest BCUT2D eigenvalue weighted by Crippen LogP contribution is -2.62. The molecular weight excluding hydrogens is 638 g/mol. The van der Waals surface area contributed by atoms with Gasteiger partial charge in [0.15, 0.2) is 0 Å². The van der Waals surface area contributed by atoms with Gasteiger partial charge in [0.25, 0.3) is 5.69 Å². The first-order valence-electron chi connectivity index (χ1n) is 15.0. The van der Waals surface area contributed by atoms with E-state index in [0.29, 0.717) is 17.3 Å². The summed E-state index contributed by atoms with van der Waals surface area (Å²) >= 11 is 12.5. The number of halogens is 3. The molecule has 46 heavy (non-hydrogen) atoms. The van der Waals surface area contributed by atoms with Gasteiger partial charge in [-0.1, -0.05) is 41.4 Å². The number of methoxy groups -OCH3 is 1. The van der Waals surface area contributed by atoms with Gasteiger partial charge in [-0.05, 0) is 67.1 Å². The molecule has 13 heteroatoms. The lowest BCUT2D eigenvalue weighted by Gasteiger charge is -2.46. The van der Waals surface area contributed by atoms with Crippen molar-refractivity contribution in [2.24, 2.45) is 11.8 Å². The minimum absolute atomic E-state index is 0.00984. The van der Waals surface area contributed by atoms with Crippen LogP contribution in [0.1, 0.15) is 45.8 Å². The summed E-state index contributed by atoms with van der Waals surface area (Å²) in [5.41, 5.74) is -0.175. The van der Waals surface area contributed by atoms with E-state index < -0.39 is 51.7 Å². The minimum atomic E-state index is -1.36. The van der Waals surface area contributed by atoms with E-state index in [0.717, 1.165) is 18.4 Å². The summed E-state index contributed by atoms with van der Waals surface area (Å²) in [6.07, 6.45) is 2.10. The van der Waals surface area contributed by atoms with Crippen molar-refractivity contribution in [1.82, 2.24) is 4.90 Å². The van der Waals surface area contributed by atoms with Crippen LogP contribution in [0.25, 0.3) is 0 Å². The molecule has 0 unspecified atom stereocenters. The summed E-state index contributed by atoms with van der Waals surface area (Å²) in [4.78, 5) is 56.7. The highest BCUT2D eigenvalue weighted by atomic mass is 35.5. The summed E-state index contributed by atoms with van der Waals surface area (Å²) in [6.45, 7) is 1.94. The fourth-order valence-electron chi connectivity index (χ4n) is 7.84. The third-order valence-corrected chi connectivity index (χ3v) is 10.6. The second-order valence-electron chi connectivity index (χ2n) is 12.5. The quantitative estimate of drug-likeness (QED) is 0.197. The van der Waals surface area contributed by atoms with Crippen molar-refractivity contribution in [3.05, 3.63) is 96.8 Å². The van der Waals surface area contributed by atoms with Crippen molar-refractivity contribution in [3.63, 3.8) is 0 Å². The van der Waals surface area contributed by atoms with Crippen LogP contribution < -0.4 is 10.2 Å². The first-order valence-corrected chi connectivity index (χ1v) is 15.7. The molecule has 0 radical (unpaired) electrons. The maximum atomic E-state index is 16.1. The zero-order valence-corrected chi connectivity index (χ0v) is 26.4. The van der Waals surface area contributed by atoms with E-state index in [1.54, 1.807) is 24.3 Å². The normalized spacial score (nSPS) is 25.4. The molecule has 3 fully saturated rings. The highest BCUT2D eigenvalue weighted by molar-refractivity contribution is 6.31. The van der Waals surface area contributed by atoms with Gasteiger partial charge in [0.2, 0.25) is 11.8 Å². The van der Waals surface area contributed by atoms with Gasteiger partial charge in [-0.15, -0.1) is 0 Å². The van der Waals surface area contributed by atoms with Crippen LogP contribution in [0, 0.1) is 34.7 Å². The van der Waals surface area contributed by atoms with E-state index >= 15 is 4.39 Å². The SMILES string of the molecule is COC(=O)c1ccc(N2C[C@H]3[C@@H](C2=O)[C@H](c2cccc(Cl)c2F)[C@@]2(Cc4ccc(Cl)cc4NC2=O)N3CC2CC2)c([N+](=O)[O-])c1C. The molecule has 7 rings (SSSR count). The number of carbonyl (C=O) groups is 3. The number of fused-ring (bicyclic) bond motifs is 2. The van der Waals surface area contributed by atoms with Gasteiger partial charge >= 0.3 is 5.97 Å². The fraction of sp³-hybridized carbons (Fsp3) is 0.364. The molecule has 3 aromatic rings. The van der Waals surface area contributed by atoms with Crippen molar-refractivity contribution in [1.29, 1.82) is 0 Å². The predicted octanol–water partition coefficient (Wildman–Crippen LogP) is 5.91. The number of rotatable bonds is 6. The molecule has 1 saturated carbocycles. The molecule has 3 aliphatic heterocycles. The number of anilines is 2. The lowest BCUT2D eigenvalue weighted by atomic mass is 9.69. The van der Waals surface area contributed by atoms with Crippen LogP contribution in [0.4, 0.5) is 21.5 Å². The Balaban J connectivity index is 1.41. The summed E-state index contributed by atoms with van der Waals surface area (Å²) in [6, 6.07) is 12.0. The predicted molar refractivity (Wildman–Crippen MR) is 169 cm³/mol. The Labute approximate surface area is 273 Å². The van der Waals surface area contributed by atoms with E-state index in [-0.39, 0.29) is 52.2 Å². The molecule has 2 amide bonds. The molecule has 0 bridgehead atoms. The van der Waals surface area contributed by atoms with Crippen LogP contribution in [0.2, 0.25) is 10.0 Å². The largest absolute Gasteiger partial charge is 0.465 e. The van der Waals surface area contributed by atoms with E-state index in [4.69, 9.17) is 27.9 Å². The van der Waals surface area contributed by atoms with Crippen LogP contribution in [-0.4, -0.2) is 59.4 Å². The summed E-state index contributed by atoms with van der Waals surface area (Å²) < 4.78 is 20.9. The first kappa shape index (κ1) is 30.6. The highest BCUT2D eigenvalue weighted by Crippen LogP contribution is 2.58. The Hall–Kier alpha value is -4.06. The number of benzene rings is 3. The number of amides is 2. The third kappa shape index (κ3) is 4.51. The average molecular weight is 668 g/mol. The second kappa shape index (κ2) is 11.0. The van der Waals surface area contributed by atoms with Gasteiger partial charge in [0.05, 0.1) is 28.5 Å². The molecule has 3 heterocycles. The summed E-state index contributed by atoms with van der Waals surface area (Å²) in [7, 11) is 1.18. The number of likely N-dealkylation sites (tertiary alicyclic amines) is 1. The van der Waals surface area contributed by atoms with E-state index in [2.05, 4.69) is 5.32 Å². The number of esters is 1. The van der Waals surface area contributed by atoms with Gasteiger partial charge < -0.3 is 15.0 Å². The molecule has 2 saturated heterocycles. The van der Waals surface area contributed by atoms with Crippen LogP contribution in [0.5, 0.6) is 0 Å². The van der Waals surface area contributed by atoms with Crippen LogP contribution in [0.15, 0.2) is 48.5 Å². The number of ether oxygens (including phenoxy) is 1. The zero-order chi connectivity index (χ0) is 32.7. The zero-order valence-electron chi connectivity index (χ0n) is 24.9. The molecule has 1 spiro atoms. The monoisotopic (exact) mass is 666 g/mol. The molecule has 238 valence electrons. The van der Waals surface area contributed by atoms with Crippen molar-refractivity contribution >= 4 is 58.0 Å².